The predicted octanol–water partition coefficient (Wildman–Crippen LogP) is 4.01. The number of aliphatic hydroxyl groups is 2. The number of aromatic nitrogens is 3. The SMILES string of the molecule is CC.CC(C)(O)O.O=C[C@@H]1CCC(n2cnc3c(Cl)cc(Cl)nc32)C1. The average molecular weight is 390 g/mol. The molecule has 1 aliphatic rings. The molecule has 0 radical (unpaired) electrons. The normalized spacial score (nSPS) is 19.7. The Morgan fingerprint density at radius 1 is 1.28 bits per heavy atom. The highest BCUT2D eigenvalue weighted by atomic mass is 35.5. The van der Waals surface area contributed by atoms with Crippen LogP contribution in [0.5, 0.6) is 0 Å². The number of aldehydes is 1. The molecule has 6 nitrogen and oxygen atoms in total. The number of hydrogen-bond donors (Lipinski definition) is 2. The van der Waals surface area contributed by atoms with Crippen LogP contribution in [-0.4, -0.2) is 36.8 Å². The van der Waals surface area contributed by atoms with Crippen molar-refractivity contribution < 1.29 is 15.0 Å². The number of carbonyl (C=O) groups excluding carboxylic acids is 1. The van der Waals surface area contributed by atoms with Crippen LogP contribution in [0.2, 0.25) is 10.2 Å². The van der Waals surface area contributed by atoms with Crippen LogP contribution in [0.3, 0.4) is 0 Å². The molecule has 0 bridgehead atoms. The molecule has 0 spiro atoms. The molecular weight excluding hydrogens is 365 g/mol. The van der Waals surface area contributed by atoms with Crippen molar-refractivity contribution in [1.29, 1.82) is 0 Å². The van der Waals surface area contributed by atoms with Gasteiger partial charge in [-0.15, -0.1) is 0 Å². The third kappa shape index (κ3) is 6.55. The molecule has 1 aliphatic carbocycles. The lowest BCUT2D eigenvalue weighted by Crippen LogP contribution is -2.15. The Morgan fingerprint density at radius 2 is 1.88 bits per heavy atom. The largest absolute Gasteiger partial charge is 0.366 e. The first-order valence-electron chi connectivity index (χ1n) is 8.27. The quantitative estimate of drug-likeness (QED) is 0.460. The van der Waals surface area contributed by atoms with Crippen molar-refractivity contribution in [1.82, 2.24) is 14.5 Å². The zero-order chi connectivity index (χ0) is 19.2. The second kappa shape index (κ2) is 9.48. The molecule has 140 valence electrons. The van der Waals surface area contributed by atoms with E-state index in [2.05, 4.69) is 9.97 Å². The second-order valence-corrected chi connectivity index (χ2v) is 6.90. The van der Waals surface area contributed by atoms with Gasteiger partial charge in [-0.05, 0) is 39.2 Å². The van der Waals surface area contributed by atoms with Crippen LogP contribution in [0.1, 0.15) is 53.0 Å². The van der Waals surface area contributed by atoms with Crippen molar-refractivity contribution >= 4 is 40.7 Å². The molecule has 0 aromatic carbocycles. The molecule has 0 amide bonds. The minimum atomic E-state index is -1.50. The first kappa shape index (κ1) is 21.8. The number of imidazole rings is 1. The molecule has 2 aromatic rings. The van der Waals surface area contributed by atoms with E-state index in [1.165, 1.54) is 13.8 Å². The molecular formula is C17H25Cl2N3O3. The summed E-state index contributed by atoms with van der Waals surface area (Å²) in [5.74, 6) is -1.36. The van der Waals surface area contributed by atoms with Gasteiger partial charge in [-0.1, -0.05) is 37.0 Å². The maximum Gasteiger partial charge on any atom is 0.163 e. The lowest BCUT2D eigenvalue weighted by molar-refractivity contribution is -0.127. The summed E-state index contributed by atoms with van der Waals surface area (Å²) in [5.41, 5.74) is 1.36. The van der Waals surface area contributed by atoms with E-state index in [0.29, 0.717) is 21.3 Å². The minimum Gasteiger partial charge on any atom is -0.366 e. The number of nitrogens with zero attached hydrogens (tertiary/aromatic N) is 3. The fourth-order valence-corrected chi connectivity index (χ4v) is 3.06. The topological polar surface area (TPSA) is 88.2 Å². The number of halogens is 2. The van der Waals surface area contributed by atoms with Crippen molar-refractivity contribution in [2.75, 3.05) is 0 Å². The Bertz CT molecular complexity index is 692. The summed E-state index contributed by atoms with van der Waals surface area (Å²) in [6, 6.07) is 1.85. The highest BCUT2D eigenvalue weighted by Gasteiger charge is 2.27. The fourth-order valence-electron chi connectivity index (χ4n) is 2.58. The molecule has 3 rings (SSSR count). The highest BCUT2D eigenvalue weighted by Crippen LogP contribution is 2.36. The molecule has 2 atom stereocenters. The molecule has 2 aromatic heterocycles. The smallest absolute Gasteiger partial charge is 0.163 e. The van der Waals surface area contributed by atoms with Gasteiger partial charge >= 0.3 is 0 Å². The third-order valence-corrected chi connectivity index (χ3v) is 3.97. The Kier molecular flexibility index (Phi) is 8.28. The summed E-state index contributed by atoms with van der Waals surface area (Å²) in [4.78, 5) is 19.4. The van der Waals surface area contributed by atoms with E-state index in [1.807, 2.05) is 18.4 Å². The van der Waals surface area contributed by atoms with Crippen LogP contribution in [-0.2, 0) is 4.79 Å². The van der Waals surface area contributed by atoms with Crippen LogP contribution in [0.4, 0.5) is 0 Å². The van der Waals surface area contributed by atoms with Gasteiger partial charge in [-0.3, -0.25) is 0 Å². The van der Waals surface area contributed by atoms with Gasteiger partial charge in [0.05, 0.1) is 11.3 Å². The number of pyridine rings is 1. The van der Waals surface area contributed by atoms with Gasteiger partial charge < -0.3 is 19.6 Å². The zero-order valence-corrected chi connectivity index (χ0v) is 16.4. The van der Waals surface area contributed by atoms with Crippen LogP contribution in [0.15, 0.2) is 12.4 Å². The molecule has 1 fully saturated rings. The Balaban J connectivity index is 0.000000388. The van der Waals surface area contributed by atoms with Gasteiger partial charge in [-0.2, -0.15) is 0 Å². The van der Waals surface area contributed by atoms with Crippen molar-refractivity contribution in [2.45, 2.75) is 58.8 Å². The van der Waals surface area contributed by atoms with Crippen LogP contribution in [0, 0.1) is 5.92 Å². The van der Waals surface area contributed by atoms with E-state index in [0.717, 1.165) is 25.5 Å². The van der Waals surface area contributed by atoms with Crippen molar-refractivity contribution in [2.24, 2.45) is 5.92 Å². The molecule has 2 N–H and O–H groups in total. The maximum absolute atomic E-state index is 10.8. The molecule has 8 heteroatoms. The number of hydrogen-bond acceptors (Lipinski definition) is 5. The fraction of sp³-hybridized carbons (Fsp3) is 0.588. The molecule has 25 heavy (non-hydrogen) atoms. The monoisotopic (exact) mass is 389 g/mol. The van der Waals surface area contributed by atoms with Crippen molar-refractivity contribution in [3.05, 3.63) is 22.6 Å². The van der Waals surface area contributed by atoms with E-state index < -0.39 is 5.79 Å². The molecule has 0 saturated heterocycles. The molecule has 2 heterocycles. The molecule has 1 unspecified atom stereocenters. The molecule has 1 saturated carbocycles. The van der Waals surface area contributed by atoms with Gasteiger partial charge in [0.2, 0.25) is 0 Å². The van der Waals surface area contributed by atoms with Gasteiger partial charge in [0.15, 0.2) is 11.4 Å². The van der Waals surface area contributed by atoms with Crippen LogP contribution >= 0.6 is 23.2 Å². The summed E-state index contributed by atoms with van der Waals surface area (Å²) in [5, 5.41) is 17.0. The predicted molar refractivity (Wildman–Crippen MR) is 99.9 cm³/mol. The standard InChI is InChI=1S/C12H11Cl2N3O.C3H8O2.C2H6/c13-9-4-10(14)16-12-11(9)15-6-17(12)8-2-1-7(3-8)5-18;1-3(2,4)5;1-2/h4-8H,1-3H2;4-5H,1-2H3;1-2H3/t7-,8?;;/m1../s1. The maximum atomic E-state index is 10.8. The van der Waals surface area contributed by atoms with Gasteiger partial charge in [0.1, 0.15) is 17.0 Å². The minimum absolute atomic E-state index is 0.141. The first-order chi connectivity index (χ1) is 11.7. The van der Waals surface area contributed by atoms with Gasteiger partial charge in [0.25, 0.3) is 0 Å². The Labute approximate surface area is 157 Å². The van der Waals surface area contributed by atoms with E-state index >= 15 is 0 Å². The van der Waals surface area contributed by atoms with Gasteiger partial charge in [0, 0.05) is 12.0 Å². The number of rotatable bonds is 2. The summed E-state index contributed by atoms with van der Waals surface area (Å²) in [6.07, 6.45) is 5.48. The van der Waals surface area contributed by atoms with E-state index in [9.17, 15) is 4.79 Å². The van der Waals surface area contributed by atoms with E-state index in [4.69, 9.17) is 33.4 Å². The lowest BCUT2D eigenvalue weighted by Gasteiger charge is -2.11. The zero-order valence-electron chi connectivity index (χ0n) is 14.9. The highest BCUT2D eigenvalue weighted by molar-refractivity contribution is 6.37. The third-order valence-electron chi connectivity index (χ3n) is 3.48. The molecule has 0 aliphatic heterocycles. The summed E-state index contributed by atoms with van der Waals surface area (Å²) in [7, 11) is 0. The number of fused-ring (bicyclic) bond motifs is 1. The Morgan fingerprint density at radius 3 is 2.40 bits per heavy atom. The summed E-state index contributed by atoms with van der Waals surface area (Å²) in [6.45, 7) is 6.60. The van der Waals surface area contributed by atoms with E-state index in [1.54, 1.807) is 12.4 Å². The summed E-state index contributed by atoms with van der Waals surface area (Å²) < 4.78 is 1.98. The Hall–Kier alpha value is -1.21. The number of carbonyl (C=O) groups is 1. The average Bonchev–Trinajstić information content (AvgIpc) is 3.13. The van der Waals surface area contributed by atoms with Crippen LogP contribution < -0.4 is 0 Å². The lowest BCUT2D eigenvalue weighted by atomic mass is 10.1. The summed E-state index contributed by atoms with van der Waals surface area (Å²) >= 11 is 12.0. The first-order valence-corrected chi connectivity index (χ1v) is 9.03. The van der Waals surface area contributed by atoms with E-state index in [-0.39, 0.29) is 12.0 Å². The van der Waals surface area contributed by atoms with Gasteiger partial charge in [-0.25, -0.2) is 9.97 Å². The van der Waals surface area contributed by atoms with Crippen LogP contribution in [0.25, 0.3) is 11.2 Å². The second-order valence-electron chi connectivity index (χ2n) is 6.11. The van der Waals surface area contributed by atoms with Crippen molar-refractivity contribution in [3.8, 4) is 0 Å². The van der Waals surface area contributed by atoms with Crippen molar-refractivity contribution in [3.63, 3.8) is 0 Å².